The van der Waals surface area contributed by atoms with Gasteiger partial charge in [-0.25, -0.2) is 23.1 Å². The summed E-state index contributed by atoms with van der Waals surface area (Å²) in [6.07, 6.45) is 5.45. The van der Waals surface area contributed by atoms with Crippen LogP contribution in [0.5, 0.6) is 5.75 Å². The number of methoxy groups -OCH3 is 1. The lowest BCUT2D eigenvalue weighted by atomic mass is 9.53. The normalized spacial score (nSPS) is 20.5. The highest BCUT2D eigenvalue weighted by molar-refractivity contribution is 5.96. The number of hydrogen-bond acceptors (Lipinski definition) is 8. The molecule has 0 atom stereocenters. The van der Waals surface area contributed by atoms with E-state index in [1.165, 1.54) is 13.2 Å². The fourth-order valence-corrected chi connectivity index (χ4v) is 5.48. The first-order valence-electron chi connectivity index (χ1n) is 13.0. The molecule has 0 unspecified atom stereocenters. The number of nitrogens with zero attached hydrogens (tertiary/aromatic N) is 3. The summed E-state index contributed by atoms with van der Waals surface area (Å²) in [5.74, 6) is -4.17. The van der Waals surface area contributed by atoms with E-state index in [1.54, 1.807) is 0 Å². The van der Waals surface area contributed by atoms with Crippen LogP contribution in [0.25, 0.3) is 5.65 Å². The predicted octanol–water partition coefficient (Wildman–Crippen LogP) is 4.12. The van der Waals surface area contributed by atoms with Gasteiger partial charge in [0.15, 0.2) is 28.7 Å². The number of amides is 1. The summed E-state index contributed by atoms with van der Waals surface area (Å²) in [6.45, 7) is -2.48. The van der Waals surface area contributed by atoms with Crippen LogP contribution in [0.1, 0.15) is 65.1 Å². The number of aromatic nitrogens is 3. The maximum absolute atomic E-state index is 13.9. The summed E-state index contributed by atoms with van der Waals surface area (Å²) in [7, 11) is 1.41. The molecular formula is C27H30ClF4N5O6. The minimum absolute atomic E-state index is 0. The standard InChI is InChI=1S/C19H21FN4O5.C8H8F3NO.ClH/c1-29-17(28)19-5-2-18(3-6-19,4-7-19)10-21-15(25)13-8-12(16(26)27)23-14-11(20)9-22-24(13)14;9-6-2-1-5(4-12)3-7(6)13-8(10)11;/h8-9H,2-7,10H2,1H3,(H,21,25)(H,26,27);1-3,8H,4,12H2;1H. The third-order valence-corrected chi connectivity index (χ3v) is 7.97. The number of aromatic carboxylic acids is 1. The Morgan fingerprint density at radius 2 is 1.74 bits per heavy atom. The van der Waals surface area contributed by atoms with Gasteiger partial charge in [-0.3, -0.25) is 9.59 Å². The Morgan fingerprint density at radius 1 is 1.09 bits per heavy atom. The first-order valence-corrected chi connectivity index (χ1v) is 13.0. The van der Waals surface area contributed by atoms with Crippen LogP contribution < -0.4 is 15.8 Å². The molecule has 4 N–H and O–H groups in total. The highest BCUT2D eigenvalue weighted by atomic mass is 35.5. The van der Waals surface area contributed by atoms with Crippen LogP contribution in [-0.4, -0.2) is 57.8 Å². The fraction of sp³-hybridized carbons (Fsp3) is 0.444. The van der Waals surface area contributed by atoms with Crippen LogP contribution in [0, 0.1) is 22.5 Å². The molecule has 3 fully saturated rings. The second-order valence-electron chi connectivity index (χ2n) is 10.4. The topological polar surface area (TPSA) is 158 Å². The van der Waals surface area contributed by atoms with Gasteiger partial charge in [-0.15, -0.1) is 12.4 Å². The molecule has 3 aliphatic carbocycles. The molecule has 2 heterocycles. The SMILES string of the molecule is COC(=O)C12CCC(CNC(=O)c3cc(C(=O)O)nc4c(F)cnn34)(CC1)CC2.Cl.NCc1ccc(F)c(OC(F)F)c1. The number of carbonyl (C=O) groups excluding carboxylic acids is 2. The number of esters is 1. The molecule has 2 aromatic heterocycles. The van der Waals surface area contributed by atoms with Crippen molar-refractivity contribution < 1.29 is 46.5 Å². The van der Waals surface area contributed by atoms with E-state index < -0.39 is 47.0 Å². The van der Waals surface area contributed by atoms with Crippen molar-refractivity contribution in [3.63, 3.8) is 0 Å². The number of benzene rings is 1. The summed E-state index contributed by atoms with van der Waals surface area (Å²) >= 11 is 0. The average Bonchev–Trinajstić information content (AvgIpc) is 3.37. The van der Waals surface area contributed by atoms with Gasteiger partial charge in [-0.1, -0.05) is 6.07 Å². The number of halogens is 5. The minimum atomic E-state index is -3.03. The van der Waals surface area contributed by atoms with E-state index in [2.05, 4.69) is 20.1 Å². The number of fused-ring (bicyclic) bond motifs is 4. The molecule has 43 heavy (non-hydrogen) atoms. The molecule has 11 nitrogen and oxygen atoms in total. The summed E-state index contributed by atoms with van der Waals surface area (Å²) in [4.78, 5) is 39.9. The van der Waals surface area contributed by atoms with E-state index in [4.69, 9.17) is 10.5 Å². The number of ether oxygens (including phenoxy) is 2. The summed E-state index contributed by atoms with van der Waals surface area (Å²) in [5, 5.41) is 15.8. The summed E-state index contributed by atoms with van der Waals surface area (Å²) in [5.41, 5.74) is 4.42. The Bertz CT molecular complexity index is 1480. The van der Waals surface area contributed by atoms with Crippen LogP contribution in [0.15, 0.2) is 30.5 Å². The average molecular weight is 632 g/mol. The molecule has 2 bridgehead atoms. The van der Waals surface area contributed by atoms with E-state index >= 15 is 0 Å². The molecule has 3 aliphatic rings. The van der Waals surface area contributed by atoms with E-state index in [1.807, 2.05) is 0 Å². The molecule has 3 saturated carbocycles. The molecule has 0 spiro atoms. The zero-order valence-electron chi connectivity index (χ0n) is 22.9. The van der Waals surface area contributed by atoms with Crippen molar-refractivity contribution in [3.8, 4) is 5.75 Å². The van der Waals surface area contributed by atoms with E-state index in [0.29, 0.717) is 12.1 Å². The van der Waals surface area contributed by atoms with Gasteiger partial charge in [0.05, 0.1) is 18.7 Å². The number of carboxylic acid groups (broad SMARTS) is 1. The van der Waals surface area contributed by atoms with Gasteiger partial charge in [0.2, 0.25) is 0 Å². The molecule has 0 aliphatic heterocycles. The van der Waals surface area contributed by atoms with Crippen LogP contribution in [0.4, 0.5) is 17.6 Å². The third kappa shape index (κ3) is 7.16. The second kappa shape index (κ2) is 13.5. The Hall–Kier alpha value is -3.98. The number of carboxylic acids is 1. The van der Waals surface area contributed by atoms with Gasteiger partial charge in [0.1, 0.15) is 5.69 Å². The lowest BCUT2D eigenvalue weighted by Gasteiger charge is -2.51. The van der Waals surface area contributed by atoms with Crippen LogP contribution in [-0.2, 0) is 16.1 Å². The summed E-state index contributed by atoms with van der Waals surface area (Å²) in [6, 6.07) is 4.69. The van der Waals surface area contributed by atoms with Crippen LogP contribution in [0.3, 0.4) is 0 Å². The molecule has 3 aromatic rings. The number of nitrogens with two attached hydrogens (primary N) is 1. The van der Waals surface area contributed by atoms with E-state index in [9.17, 15) is 37.1 Å². The van der Waals surface area contributed by atoms with Crippen molar-refractivity contribution in [2.45, 2.75) is 51.7 Å². The number of hydrogen-bond donors (Lipinski definition) is 3. The Labute approximate surface area is 249 Å². The lowest BCUT2D eigenvalue weighted by molar-refractivity contribution is -0.162. The highest BCUT2D eigenvalue weighted by Gasteiger charge is 2.53. The third-order valence-electron chi connectivity index (χ3n) is 7.97. The van der Waals surface area contributed by atoms with Crippen molar-refractivity contribution in [3.05, 3.63) is 59.0 Å². The lowest BCUT2D eigenvalue weighted by Crippen LogP contribution is -2.50. The minimum Gasteiger partial charge on any atom is -0.477 e. The van der Waals surface area contributed by atoms with Crippen molar-refractivity contribution in [1.29, 1.82) is 0 Å². The van der Waals surface area contributed by atoms with Gasteiger partial charge in [0.25, 0.3) is 5.91 Å². The van der Waals surface area contributed by atoms with Crippen molar-refractivity contribution in [2.24, 2.45) is 16.6 Å². The predicted molar refractivity (Wildman–Crippen MR) is 145 cm³/mol. The zero-order valence-corrected chi connectivity index (χ0v) is 23.8. The molecule has 0 radical (unpaired) electrons. The molecule has 6 rings (SSSR count). The fourth-order valence-electron chi connectivity index (χ4n) is 5.48. The second-order valence-corrected chi connectivity index (χ2v) is 10.4. The summed E-state index contributed by atoms with van der Waals surface area (Å²) < 4.78 is 59.9. The smallest absolute Gasteiger partial charge is 0.387 e. The van der Waals surface area contributed by atoms with Gasteiger partial charge in [-0.05, 0) is 61.6 Å². The monoisotopic (exact) mass is 631 g/mol. The maximum atomic E-state index is 13.9. The van der Waals surface area contributed by atoms with Gasteiger partial charge in [0, 0.05) is 19.2 Å². The van der Waals surface area contributed by atoms with Crippen molar-refractivity contribution >= 4 is 35.9 Å². The maximum Gasteiger partial charge on any atom is 0.387 e. The highest BCUT2D eigenvalue weighted by Crippen LogP contribution is 2.57. The first kappa shape index (κ1) is 33.5. The molecule has 1 amide bonds. The molecule has 0 saturated heterocycles. The van der Waals surface area contributed by atoms with Crippen LogP contribution in [0.2, 0.25) is 0 Å². The van der Waals surface area contributed by atoms with Gasteiger partial charge < -0.3 is 25.6 Å². The molecule has 1 aromatic carbocycles. The Balaban J connectivity index is 0.000000306. The van der Waals surface area contributed by atoms with Crippen molar-refractivity contribution in [2.75, 3.05) is 13.7 Å². The van der Waals surface area contributed by atoms with Crippen LogP contribution >= 0.6 is 12.4 Å². The zero-order chi connectivity index (χ0) is 30.7. The van der Waals surface area contributed by atoms with E-state index in [0.717, 1.165) is 67.4 Å². The van der Waals surface area contributed by atoms with Gasteiger partial charge >= 0.3 is 18.6 Å². The quantitative estimate of drug-likeness (QED) is 0.246. The molecule has 234 valence electrons. The first-order chi connectivity index (χ1) is 19.9. The largest absolute Gasteiger partial charge is 0.477 e. The van der Waals surface area contributed by atoms with Gasteiger partial charge in [-0.2, -0.15) is 13.9 Å². The van der Waals surface area contributed by atoms with E-state index in [-0.39, 0.29) is 41.7 Å². The number of alkyl halides is 2. The number of nitrogens with one attached hydrogen (secondary N) is 1. The molecular weight excluding hydrogens is 602 g/mol. The molecule has 16 heteroatoms. The Morgan fingerprint density at radius 3 is 2.30 bits per heavy atom. The Kier molecular flexibility index (Phi) is 10.6. The number of carbonyl (C=O) groups is 3. The number of rotatable bonds is 8. The van der Waals surface area contributed by atoms with Crippen molar-refractivity contribution in [1.82, 2.24) is 19.9 Å².